The van der Waals surface area contributed by atoms with Crippen LogP contribution in [-0.2, 0) is 17.9 Å². The van der Waals surface area contributed by atoms with Crippen LogP contribution in [0.1, 0.15) is 16.9 Å². The lowest BCUT2D eigenvalue weighted by Crippen LogP contribution is -2.38. The van der Waals surface area contributed by atoms with E-state index in [1.165, 1.54) is 11.1 Å². The minimum atomic E-state index is -0.0973. The Morgan fingerprint density at radius 2 is 1.59 bits per heavy atom. The van der Waals surface area contributed by atoms with Gasteiger partial charge in [0.05, 0.1) is 6.54 Å². The van der Waals surface area contributed by atoms with Crippen molar-refractivity contribution in [2.24, 2.45) is 0 Å². The summed E-state index contributed by atoms with van der Waals surface area (Å²) in [5.41, 5.74) is 2.46. The molecule has 0 saturated heterocycles. The van der Waals surface area contributed by atoms with Gasteiger partial charge in [0.2, 0.25) is 5.91 Å². The van der Waals surface area contributed by atoms with Crippen LogP contribution in [0.5, 0.6) is 0 Å². The molecule has 6 heteroatoms. The van der Waals surface area contributed by atoms with Gasteiger partial charge in [0.15, 0.2) is 5.82 Å². The molecular formula is C23H28N4O2. The number of aryl methyl sites for hydroxylation is 1. The predicted molar refractivity (Wildman–Crippen MR) is 114 cm³/mol. The molecule has 29 heavy (non-hydrogen) atoms. The average Bonchev–Trinajstić information content (AvgIpc) is 3.12. The van der Waals surface area contributed by atoms with Crippen LogP contribution in [-0.4, -0.2) is 47.5 Å². The summed E-state index contributed by atoms with van der Waals surface area (Å²) in [5, 5.41) is 6.64. The molecule has 6 nitrogen and oxygen atoms in total. The number of nitrogens with zero attached hydrogens (tertiary/aromatic N) is 3. The summed E-state index contributed by atoms with van der Waals surface area (Å²) >= 11 is 0. The molecule has 3 rings (SSSR count). The summed E-state index contributed by atoms with van der Waals surface area (Å²) in [6.07, 6.45) is 0. The predicted octanol–water partition coefficient (Wildman–Crippen LogP) is 3.56. The Kier molecular flexibility index (Phi) is 7.55. The standard InChI is InChI=1S/C23H28N4O2/c1-19-15-22(25-29-19)24-23(28)18-27(17-21-11-7-4-8-12-21)14-13-26(2)16-20-9-5-3-6-10-20/h3-12,15H,13-14,16-18H2,1-2H3,(H,24,25,28). The zero-order valence-corrected chi connectivity index (χ0v) is 17.0. The Morgan fingerprint density at radius 1 is 0.966 bits per heavy atom. The van der Waals surface area contributed by atoms with E-state index in [9.17, 15) is 4.79 Å². The van der Waals surface area contributed by atoms with Crippen LogP contribution in [0.3, 0.4) is 0 Å². The van der Waals surface area contributed by atoms with Gasteiger partial charge in [0, 0.05) is 32.2 Å². The second kappa shape index (κ2) is 10.5. The Morgan fingerprint density at radius 3 is 2.17 bits per heavy atom. The monoisotopic (exact) mass is 392 g/mol. The van der Waals surface area contributed by atoms with E-state index in [1.54, 1.807) is 13.0 Å². The van der Waals surface area contributed by atoms with Gasteiger partial charge in [-0.2, -0.15) is 0 Å². The van der Waals surface area contributed by atoms with Gasteiger partial charge < -0.3 is 14.7 Å². The molecule has 0 aliphatic heterocycles. The number of likely N-dealkylation sites (N-methyl/N-ethyl adjacent to an activating group) is 1. The van der Waals surface area contributed by atoms with Gasteiger partial charge in [-0.15, -0.1) is 0 Å². The largest absolute Gasteiger partial charge is 0.360 e. The first-order valence-corrected chi connectivity index (χ1v) is 9.80. The van der Waals surface area contributed by atoms with Crippen LogP contribution < -0.4 is 5.32 Å². The van der Waals surface area contributed by atoms with E-state index in [4.69, 9.17) is 4.52 Å². The van der Waals surface area contributed by atoms with E-state index in [2.05, 4.69) is 63.7 Å². The fraction of sp³-hybridized carbons (Fsp3) is 0.304. The number of amides is 1. The van der Waals surface area contributed by atoms with Crippen molar-refractivity contribution in [3.05, 3.63) is 83.6 Å². The molecule has 0 radical (unpaired) electrons. The zero-order chi connectivity index (χ0) is 20.5. The van der Waals surface area contributed by atoms with Crippen molar-refractivity contribution in [3.8, 4) is 0 Å². The molecule has 0 atom stereocenters. The summed E-state index contributed by atoms with van der Waals surface area (Å²) in [6, 6.07) is 22.3. The number of rotatable bonds is 10. The van der Waals surface area contributed by atoms with Crippen molar-refractivity contribution < 1.29 is 9.32 Å². The van der Waals surface area contributed by atoms with Crippen molar-refractivity contribution in [2.75, 3.05) is 32.0 Å². The molecule has 0 saturated carbocycles. The number of hydrogen-bond acceptors (Lipinski definition) is 5. The van der Waals surface area contributed by atoms with Gasteiger partial charge in [-0.1, -0.05) is 65.8 Å². The zero-order valence-electron chi connectivity index (χ0n) is 17.0. The van der Waals surface area contributed by atoms with Gasteiger partial charge in [-0.05, 0) is 25.1 Å². The highest BCUT2D eigenvalue weighted by Crippen LogP contribution is 2.09. The second-order valence-electron chi connectivity index (χ2n) is 7.29. The van der Waals surface area contributed by atoms with E-state index < -0.39 is 0 Å². The highest BCUT2D eigenvalue weighted by atomic mass is 16.5. The van der Waals surface area contributed by atoms with Gasteiger partial charge in [0.25, 0.3) is 0 Å². The lowest BCUT2D eigenvalue weighted by Gasteiger charge is -2.25. The van der Waals surface area contributed by atoms with Crippen LogP contribution >= 0.6 is 0 Å². The Hall–Kier alpha value is -2.96. The fourth-order valence-electron chi connectivity index (χ4n) is 3.15. The molecular weight excluding hydrogens is 364 g/mol. The molecule has 0 aliphatic rings. The van der Waals surface area contributed by atoms with E-state index in [0.29, 0.717) is 24.7 Å². The van der Waals surface area contributed by atoms with Gasteiger partial charge in [-0.25, -0.2) is 0 Å². The van der Waals surface area contributed by atoms with Crippen molar-refractivity contribution in [1.29, 1.82) is 0 Å². The summed E-state index contributed by atoms with van der Waals surface area (Å²) in [7, 11) is 2.10. The van der Waals surface area contributed by atoms with Gasteiger partial charge in [-0.3, -0.25) is 9.69 Å². The molecule has 152 valence electrons. The molecule has 3 aromatic rings. The Balaban J connectivity index is 1.57. The SMILES string of the molecule is Cc1cc(NC(=O)CN(CCN(C)Cc2ccccc2)Cc2ccccc2)no1. The first-order valence-electron chi connectivity index (χ1n) is 9.80. The van der Waals surface area contributed by atoms with Crippen LogP contribution in [0.15, 0.2) is 71.3 Å². The maximum Gasteiger partial charge on any atom is 0.239 e. The number of nitrogens with one attached hydrogen (secondary N) is 1. The van der Waals surface area contributed by atoms with E-state index in [0.717, 1.165) is 19.6 Å². The first kappa shape index (κ1) is 20.8. The van der Waals surface area contributed by atoms with Gasteiger partial charge in [0.1, 0.15) is 5.76 Å². The number of benzene rings is 2. The third-order valence-corrected chi connectivity index (χ3v) is 4.60. The normalized spacial score (nSPS) is 11.2. The summed E-state index contributed by atoms with van der Waals surface area (Å²) < 4.78 is 5.02. The third-order valence-electron chi connectivity index (χ3n) is 4.60. The van der Waals surface area contributed by atoms with Gasteiger partial charge >= 0.3 is 0 Å². The van der Waals surface area contributed by atoms with E-state index in [1.807, 2.05) is 24.3 Å². The lowest BCUT2D eigenvalue weighted by molar-refractivity contribution is -0.117. The highest BCUT2D eigenvalue weighted by Gasteiger charge is 2.14. The number of carbonyl (C=O) groups excluding carboxylic acids is 1. The minimum Gasteiger partial charge on any atom is -0.360 e. The van der Waals surface area contributed by atoms with E-state index in [-0.39, 0.29) is 5.91 Å². The quantitative estimate of drug-likeness (QED) is 0.572. The number of carbonyl (C=O) groups is 1. The van der Waals surface area contributed by atoms with Crippen LogP contribution in [0.4, 0.5) is 5.82 Å². The fourth-order valence-corrected chi connectivity index (χ4v) is 3.15. The molecule has 0 aliphatic carbocycles. The molecule has 1 aromatic heterocycles. The first-order chi connectivity index (χ1) is 14.1. The Bertz CT molecular complexity index is 880. The van der Waals surface area contributed by atoms with Crippen LogP contribution in [0.2, 0.25) is 0 Å². The summed E-state index contributed by atoms with van der Waals surface area (Å²) in [6.45, 7) is 5.32. The average molecular weight is 393 g/mol. The summed E-state index contributed by atoms with van der Waals surface area (Å²) in [5.74, 6) is 1.03. The van der Waals surface area contributed by atoms with Crippen molar-refractivity contribution in [3.63, 3.8) is 0 Å². The maximum absolute atomic E-state index is 12.5. The molecule has 1 heterocycles. The van der Waals surface area contributed by atoms with Crippen molar-refractivity contribution in [2.45, 2.75) is 20.0 Å². The second-order valence-corrected chi connectivity index (χ2v) is 7.29. The van der Waals surface area contributed by atoms with Crippen LogP contribution in [0, 0.1) is 6.92 Å². The lowest BCUT2D eigenvalue weighted by atomic mass is 10.2. The molecule has 0 fully saturated rings. The Labute approximate surface area is 172 Å². The molecule has 0 bridgehead atoms. The van der Waals surface area contributed by atoms with Crippen molar-refractivity contribution >= 4 is 11.7 Å². The van der Waals surface area contributed by atoms with E-state index >= 15 is 0 Å². The smallest absolute Gasteiger partial charge is 0.239 e. The molecule has 0 spiro atoms. The highest BCUT2D eigenvalue weighted by molar-refractivity contribution is 5.91. The number of aromatic nitrogens is 1. The molecule has 1 amide bonds. The number of hydrogen-bond donors (Lipinski definition) is 1. The van der Waals surface area contributed by atoms with Crippen molar-refractivity contribution in [1.82, 2.24) is 15.0 Å². The molecule has 2 aromatic carbocycles. The minimum absolute atomic E-state index is 0.0973. The third kappa shape index (κ3) is 7.18. The molecule has 0 unspecified atom stereocenters. The maximum atomic E-state index is 12.5. The van der Waals surface area contributed by atoms with Crippen LogP contribution in [0.25, 0.3) is 0 Å². The summed E-state index contributed by atoms with van der Waals surface area (Å²) in [4.78, 5) is 16.9. The topological polar surface area (TPSA) is 61.6 Å². The molecule has 1 N–H and O–H groups in total. The number of anilines is 1.